The molecule has 0 spiro atoms. The largest absolute Gasteiger partial charge is 0.480 e. The highest BCUT2D eigenvalue weighted by Gasteiger charge is 2.47. The Morgan fingerprint density at radius 1 is 1.11 bits per heavy atom. The third-order valence-electron chi connectivity index (χ3n) is 5.99. The molecule has 0 aliphatic carbocycles. The Morgan fingerprint density at radius 3 is 2.37 bits per heavy atom. The lowest BCUT2D eigenvalue weighted by Crippen LogP contribution is -2.54. The minimum absolute atomic E-state index is 0.251. The molecule has 1 amide bonds. The van der Waals surface area contributed by atoms with Crippen molar-refractivity contribution in [2.45, 2.75) is 72.2 Å². The molecule has 0 aromatic heterocycles. The molecule has 2 aromatic rings. The Morgan fingerprint density at radius 2 is 1.77 bits per heavy atom. The van der Waals surface area contributed by atoms with Crippen LogP contribution >= 0.6 is 0 Å². The zero-order chi connectivity index (χ0) is 25.8. The van der Waals surface area contributed by atoms with Crippen molar-refractivity contribution in [3.8, 4) is 11.1 Å². The van der Waals surface area contributed by atoms with Gasteiger partial charge in [0.25, 0.3) is 0 Å². The van der Waals surface area contributed by atoms with Crippen LogP contribution in [0.4, 0.5) is 0 Å². The third-order valence-corrected chi connectivity index (χ3v) is 5.99. The van der Waals surface area contributed by atoms with Gasteiger partial charge in [-0.15, -0.1) is 0 Å². The van der Waals surface area contributed by atoms with E-state index in [4.69, 9.17) is 4.74 Å². The lowest BCUT2D eigenvalue weighted by Gasteiger charge is -2.38. The van der Waals surface area contributed by atoms with Crippen LogP contribution in [-0.4, -0.2) is 45.8 Å². The van der Waals surface area contributed by atoms with Crippen molar-refractivity contribution in [2.24, 2.45) is 10.4 Å². The first-order chi connectivity index (χ1) is 16.5. The topological polar surface area (TPSA) is 96.3 Å². The molecule has 2 atom stereocenters. The molecule has 2 aromatic carbocycles. The summed E-state index contributed by atoms with van der Waals surface area (Å²) in [5.74, 6) is -2.06. The molecular formula is C28H34N2O5. The fourth-order valence-corrected chi connectivity index (χ4v) is 3.98. The van der Waals surface area contributed by atoms with Crippen molar-refractivity contribution in [2.75, 3.05) is 0 Å². The number of carbonyl (C=O) groups excluding carboxylic acids is 2. The van der Waals surface area contributed by atoms with Crippen LogP contribution in [0.5, 0.6) is 0 Å². The number of aliphatic carboxylic acids is 1. The van der Waals surface area contributed by atoms with Gasteiger partial charge in [0.2, 0.25) is 5.91 Å². The van der Waals surface area contributed by atoms with Crippen LogP contribution in [0.15, 0.2) is 53.5 Å². The number of esters is 1. The highest BCUT2D eigenvalue weighted by Crippen LogP contribution is 2.30. The second-order valence-electron chi connectivity index (χ2n) is 10.1. The normalized spacial score (nSPS) is 20.1. The van der Waals surface area contributed by atoms with E-state index in [0.29, 0.717) is 12.0 Å². The van der Waals surface area contributed by atoms with E-state index in [1.54, 1.807) is 17.0 Å². The summed E-state index contributed by atoms with van der Waals surface area (Å²) < 4.78 is 5.56. The molecular weight excluding hydrogens is 444 g/mol. The first-order valence-electron chi connectivity index (χ1n) is 12.0. The summed E-state index contributed by atoms with van der Waals surface area (Å²) in [5.41, 5.74) is 0.656. The fourth-order valence-electron chi connectivity index (χ4n) is 3.98. The van der Waals surface area contributed by atoms with Gasteiger partial charge in [-0.2, -0.15) is 0 Å². The third kappa shape index (κ3) is 5.96. The van der Waals surface area contributed by atoms with E-state index in [1.165, 1.54) is 13.1 Å². The fraction of sp³-hybridized carbons (Fsp3) is 0.429. The van der Waals surface area contributed by atoms with Gasteiger partial charge < -0.3 is 14.7 Å². The average molecular weight is 479 g/mol. The van der Waals surface area contributed by atoms with Crippen LogP contribution in [0.25, 0.3) is 11.1 Å². The number of hydrogen-bond acceptors (Lipinski definition) is 5. The van der Waals surface area contributed by atoms with E-state index in [1.807, 2.05) is 57.2 Å². The van der Waals surface area contributed by atoms with Crippen LogP contribution in [0.1, 0.15) is 69.8 Å². The second kappa shape index (κ2) is 10.4. The van der Waals surface area contributed by atoms with E-state index in [9.17, 15) is 19.5 Å². The summed E-state index contributed by atoms with van der Waals surface area (Å²) >= 11 is 0. The van der Waals surface area contributed by atoms with Gasteiger partial charge in [0.05, 0.1) is 5.56 Å². The predicted molar refractivity (Wildman–Crippen MR) is 135 cm³/mol. The molecule has 0 saturated heterocycles. The summed E-state index contributed by atoms with van der Waals surface area (Å²) in [7, 11) is 0. The van der Waals surface area contributed by atoms with Crippen LogP contribution in [0, 0.1) is 5.41 Å². The van der Waals surface area contributed by atoms with Gasteiger partial charge >= 0.3 is 11.9 Å². The SMILES string of the molecule is CCCCC1N=CC(C)(C(=O)O)C(=O)N1Cc1ccc(-c2ccccc2C(=O)OC(C)(C)C)cc1. The number of amides is 1. The molecule has 186 valence electrons. The molecule has 1 aliphatic rings. The van der Waals surface area contributed by atoms with E-state index in [0.717, 1.165) is 29.5 Å². The van der Waals surface area contributed by atoms with Crippen molar-refractivity contribution < 1.29 is 24.2 Å². The first-order valence-corrected chi connectivity index (χ1v) is 12.0. The zero-order valence-corrected chi connectivity index (χ0v) is 21.1. The number of rotatable bonds is 8. The summed E-state index contributed by atoms with van der Waals surface area (Å²) in [6.07, 6.45) is 3.41. The maximum atomic E-state index is 13.2. The van der Waals surface area contributed by atoms with E-state index < -0.39 is 22.9 Å². The Bertz CT molecular complexity index is 1120. The molecule has 3 rings (SSSR count). The van der Waals surface area contributed by atoms with E-state index in [-0.39, 0.29) is 18.7 Å². The summed E-state index contributed by atoms with van der Waals surface area (Å²) in [6.45, 7) is 9.20. The van der Waals surface area contributed by atoms with Gasteiger partial charge in [0.1, 0.15) is 11.8 Å². The number of hydrogen-bond donors (Lipinski definition) is 1. The molecule has 0 bridgehead atoms. The minimum Gasteiger partial charge on any atom is -0.480 e. The molecule has 0 saturated carbocycles. The minimum atomic E-state index is -1.67. The maximum absolute atomic E-state index is 13.2. The van der Waals surface area contributed by atoms with Gasteiger partial charge in [0.15, 0.2) is 5.41 Å². The van der Waals surface area contributed by atoms with Crippen LogP contribution < -0.4 is 0 Å². The van der Waals surface area contributed by atoms with Crippen molar-refractivity contribution in [3.63, 3.8) is 0 Å². The summed E-state index contributed by atoms with van der Waals surface area (Å²) in [5, 5.41) is 9.64. The summed E-state index contributed by atoms with van der Waals surface area (Å²) in [4.78, 5) is 43.7. The smallest absolute Gasteiger partial charge is 0.339 e. The van der Waals surface area contributed by atoms with Crippen molar-refractivity contribution in [1.29, 1.82) is 0 Å². The predicted octanol–water partition coefficient (Wildman–Crippen LogP) is 5.33. The van der Waals surface area contributed by atoms with Gasteiger partial charge in [-0.05, 0) is 63.3 Å². The molecule has 35 heavy (non-hydrogen) atoms. The van der Waals surface area contributed by atoms with Gasteiger partial charge in [0, 0.05) is 12.8 Å². The first kappa shape index (κ1) is 26.1. The van der Waals surface area contributed by atoms with Crippen molar-refractivity contribution in [3.05, 3.63) is 59.7 Å². The van der Waals surface area contributed by atoms with Gasteiger partial charge in [-0.1, -0.05) is 55.8 Å². The molecule has 7 heteroatoms. The van der Waals surface area contributed by atoms with E-state index in [2.05, 4.69) is 11.9 Å². The molecule has 0 radical (unpaired) electrons. The average Bonchev–Trinajstić information content (AvgIpc) is 2.81. The highest BCUT2D eigenvalue weighted by molar-refractivity contribution is 6.16. The van der Waals surface area contributed by atoms with Gasteiger partial charge in [-0.3, -0.25) is 14.6 Å². The quantitative estimate of drug-likeness (QED) is 0.409. The Hall–Kier alpha value is -3.48. The van der Waals surface area contributed by atoms with Crippen LogP contribution in [0.2, 0.25) is 0 Å². The molecule has 0 fully saturated rings. The van der Waals surface area contributed by atoms with Crippen molar-refractivity contribution in [1.82, 2.24) is 4.90 Å². The zero-order valence-electron chi connectivity index (χ0n) is 21.1. The maximum Gasteiger partial charge on any atom is 0.339 e. The lowest BCUT2D eigenvalue weighted by molar-refractivity contribution is -0.156. The molecule has 1 N–H and O–H groups in total. The number of carboxylic acids is 1. The van der Waals surface area contributed by atoms with Crippen LogP contribution in [0.3, 0.4) is 0 Å². The number of nitrogens with zero attached hydrogens (tertiary/aromatic N) is 2. The van der Waals surface area contributed by atoms with Crippen LogP contribution in [-0.2, 0) is 20.9 Å². The number of carbonyl (C=O) groups is 3. The second-order valence-corrected chi connectivity index (χ2v) is 10.1. The lowest BCUT2D eigenvalue weighted by atomic mass is 9.88. The summed E-state index contributed by atoms with van der Waals surface area (Å²) in [6, 6.07) is 14.9. The molecule has 2 unspecified atom stereocenters. The monoisotopic (exact) mass is 478 g/mol. The Balaban J connectivity index is 1.86. The number of carboxylic acid groups (broad SMARTS) is 1. The van der Waals surface area contributed by atoms with Gasteiger partial charge in [-0.25, -0.2) is 4.79 Å². The molecule has 1 heterocycles. The standard InChI is InChI=1S/C28H34N2O5/c1-6-7-12-23-29-18-28(5,26(33)34)25(32)30(23)17-19-13-15-20(16-14-19)21-10-8-9-11-22(21)24(31)35-27(2,3)4/h8-11,13-16,18,23H,6-7,12,17H2,1-5H3,(H,33,34). The van der Waals surface area contributed by atoms with Crippen molar-refractivity contribution >= 4 is 24.1 Å². The highest BCUT2D eigenvalue weighted by atomic mass is 16.6. The molecule has 1 aliphatic heterocycles. The Labute approximate surface area is 206 Å². The Kier molecular flexibility index (Phi) is 7.78. The number of benzene rings is 2. The van der Waals surface area contributed by atoms with E-state index >= 15 is 0 Å². The number of aliphatic imine (C=N–C) groups is 1. The number of ether oxygens (including phenoxy) is 1. The molecule has 7 nitrogen and oxygen atoms in total. The number of unbranched alkanes of at least 4 members (excludes halogenated alkanes) is 1.